The summed E-state index contributed by atoms with van der Waals surface area (Å²) in [6, 6.07) is 10.0. The van der Waals surface area contributed by atoms with Crippen LogP contribution in [-0.4, -0.2) is 62.6 Å². The van der Waals surface area contributed by atoms with Crippen LogP contribution in [0.15, 0.2) is 42.7 Å². The van der Waals surface area contributed by atoms with Crippen molar-refractivity contribution in [3.05, 3.63) is 53.9 Å². The summed E-state index contributed by atoms with van der Waals surface area (Å²) in [7, 11) is 3.72. The second kappa shape index (κ2) is 8.37. The van der Waals surface area contributed by atoms with E-state index in [-0.39, 0.29) is 23.9 Å². The van der Waals surface area contributed by atoms with Gasteiger partial charge in [-0.05, 0) is 43.2 Å². The maximum atomic E-state index is 12.8. The number of aromatic nitrogens is 3. The standard InChI is InChI=1S/C23H28N6O2/c1-15(17-5-7-21-19(11-17)13-25-28(21)4)26-22-8-6-18(12-24-22)23(31)29-10-9-20(14-29)27(3)16(2)30/h5-8,11-13,15,20H,9-10,14H2,1-4H3,(H,24,26)/t15-,20+/m1/s1. The van der Waals surface area contributed by atoms with E-state index in [1.807, 2.05) is 24.0 Å². The van der Waals surface area contributed by atoms with Crippen LogP contribution >= 0.6 is 0 Å². The summed E-state index contributed by atoms with van der Waals surface area (Å²) in [5.41, 5.74) is 2.79. The van der Waals surface area contributed by atoms with Gasteiger partial charge in [-0.3, -0.25) is 14.3 Å². The smallest absolute Gasteiger partial charge is 0.255 e. The Morgan fingerprint density at radius 3 is 2.74 bits per heavy atom. The molecule has 0 radical (unpaired) electrons. The molecule has 1 aliphatic heterocycles. The largest absolute Gasteiger partial charge is 0.364 e. The first kappa shape index (κ1) is 20.8. The fourth-order valence-corrected chi connectivity index (χ4v) is 4.04. The van der Waals surface area contributed by atoms with Gasteiger partial charge in [0.15, 0.2) is 0 Å². The van der Waals surface area contributed by atoms with Crippen LogP contribution in [0.1, 0.15) is 42.2 Å². The van der Waals surface area contributed by atoms with Crippen molar-refractivity contribution in [2.45, 2.75) is 32.4 Å². The van der Waals surface area contributed by atoms with E-state index >= 15 is 0 Å². The van der Waals surface area contributed by atoms with Crippen LogP contribution in [0, 0.1) is 0 Å². The topological polar surface area (TPSA) is 83.4 Å². The van der Waals surface area contributed by atoms with Crippen molar-refractivity contribution in [2.24, 2.45) is 7.05 Å². The van der Waals surface area contributed by atoms with E-state index in [2.05, 4.69) is 40.5 Å². The van der Waals surface area contributed by atoms with E-state index in [9.17, 15) is 9.59 Å². The van der Waals surface area contributed by atoms with Crippen LogP contribution in [0.2, 0.25) is 0 Å². The summed E-state index contributed by atoms with van der Waals surface area (Å²) in [6.45, 7) is 4.84. The lowest BCUT2D eigenvalue weighted by atomic mass is 10.1. The molecule has 1 fully saturated rings. The van der Waals surface area contributed by atoms with E-state index in [1.54, 1.807) is 36.0 Å². The number of anilines is 1. The van der Waals surface area contributed by atoms with Crippen LogP contribution in [0.3, 0.4) is 0 Å². The minimum atomic E-state index is -0.0476. The van der Waals surface area contributed by atoms with Gasteiger partial charge >= 0.3 is 0 Å². The number of amides is 2. The molecule has 162 valence electrons. The third-order valence-corrected chi connectivity index (χ3v) is 6.14. The quantitative estimate of drug-likeness (QED) is 0.686. The third-order valence-electron chi connectivity index (χ3n) is 6.14. The number of nitrogens with zero attached hydrogens (tertiary/aromatic N) is 5. The number of hydrogen-bond acceptors (Lipinski definition) is 5. The molecular weight excluding hydrogens is 392 g/mol. The van der Waals surface area contributed by atoms with Crippen LogP contribution in [0.4, 0.5) is 5.82 Å². The average Bonchev–Trinajstić information content (AvgIpc) is 3.40. The Kier molecular flexibility index (Phi) is 5.63. The molecule has 0 aliphatic carbocycles. The Balaban J connectivity index is 1.39. The molecule has 1 aliphatic rings. The van der Waals surface area contributed by atoms with Gasteiger partial charge in [0, 0.05) is 51.7 Å². The van der Waals surface area contributed by atoms with Crippen molar-refractivity contribution in [1.82, 2.24) is 24.6 Å². The summed E-state index contributed by atoms with van der Waals surface area (Å²) in [6.07, 6.45) is 4.28. The molecule has 0 bridgehead atoms. The first-order valence-electron chi connectivity index (χ1n) is 10.5. The fourth-order valence-electron chi connectivity index (χ4n) is 4.04. The molecule has 8 heteroatoms. The van der Waals surface area contributed by atoms with E-state index in [4.69, 9.17) is 0 Å². The number of benzene rings is 1. The molecular formula is C23H28N6O2. The van der Waals surface area contributed by atoms with E-state index in [0.29, 0.717) is 24.5 Å². The Morgan fingerprint density at radius 1 is 1.23 bits per heavy atom. The monoisotopic (exact) mass is 420 g/mol. The van der Waals surface area contributed by atoms with Gasteiger partial charge in [0.1, 0.15) is 5.82 Å². The maximum Gasteiger partial charge on any atom is 0.255 e. The van der Waals surface area contributed by atoms with Crippen LogP contribution in [0.25, 0.3) is 10.9 Å². The van der Waals surface area contributed by atoms with Crippen molar-refractivity contribution in [2.75, 3.05) is 25.5 Å². The molecule has 3 heterocycles. The summed E-state index contributed by atoms with van der Waals surface area (Å²) in [5, 5.41) is 8.78. The van der Waals surface area contributed by atoms with Gasteiger partial charge < -0.3 is 15.1 Å². The van der Waals surface area contributed by atoms with Gasteiger partial charge in [0.25, 0.3) is 5.91 Å². The molecule has 2 atom stereocenters. The zero-order valence-corrected chi connectivity index (χ0v) is 18.4. The lowest BCUT2D eigenvalue weighted by Crippen LogP contribution is -2.38. The second-order valence-corrected chi connectivity index (χ2v) is 8.21. The van der Waals surface area contributed by atoms with Crippen molar-refractivity contribution in [3.8, 4) is 0 Å². The van der Waals surface area contributed by atoms with Crippen LogP contribution in [0.5, 0.6) is 0 Å². The molecule has 0 spiro atoms. The minimum absolute atomic E-state index is 0.0215. The first-order valence-corrected chi connectivity index (χ1v) is 10.5. The highest BCUT2D eigenvalue weighted by Crippen LogP contribution is 2.23. The Hall–Kier alpha value is -3.42. The molecule has 1 aromatic carbocycles. The van der Waals surface area contributed by atoms with Gasteiger partial charge in [-0.2, -0.15) is 5.10 Å². The number of likely N-dealkylation sites (tertiary alicyclic amines) is 1. The normalized spacial score (nSPS) is 17.0. The van der Waals surface area contributed by atoms with Crippen molar-refractivity contribution >= 4 is 28.5 Å². The second-order valence-electron chi connectivity index (χ2n) is 8.21. The van der Waals surface area contributed by atoms with Crippen molar-refractivity contribution in [1.29, 1.82) is 0 Å². The van der Waals surface area contributed by atoms with E-state index in [0.717, 1.165) is 22.9 Å². The predicted molar refractivity (Wildman–Crippen MR) is 120 cm³/mol. The zero-order chi connectivity index (χ0) is 22.1. The SMILES string of the molecule is CC(=O)N(C)[C@H]1CCN(C(=O)c2ccc(N[C@H](C)c3ccc4c(cnn4C)c3)nc2)C1. The van der Waals surface area contributed by atoms with Gasteiger partial charge in [-0.1, -0.05) is 6.07 Å². The van der Waals surface area contributed by atoms with Gasteiger partial charge in [-0.25, -0.2) is 4.98 Å². The van der Waals surface area contributed by atoms with Crippen LogP contribution < -0.4 is 5.32 Å². The number of nitrogens with one attached hydrogen (secondary N) is 1. The molecule has 2 amide bonds. The van der Waals surface area contributed by atoms with Gasteiger partial charge in [0.05, 0.1) is 23.3 Å². The van der Waals surface area contributed by atoms with E-state index < -0.39 is 0 Å². The highest BCUT2D eigenvalue weighted by Gasteiger charge is 2.30. The Bertz CT molecular complexity index is 1110. The molecule has 2 aromatic heterocycles. The predicted octanol–water partition coefficient (Wildman–Crippen LogP) is 2.83. The highest BCUT2D eigenvalue weighted by atomic mass is 16.2. The van der Waals surface area contributed by atoms with Gasteiger partial charge in [-0.15, -0.1) is 0 Å². The summed E-state index contributed by atoms with van der Waals surface area (Å²) in [4.78, 5) is 32.3. The fraction of sp³-hybridized carbons (Fsp3) is 0.391. The number of aryl methyl sites for hydroxylation is 1. The van der Waals surface area contributed by atoms with Crippen LogP contribution in [-0.2, 0) is 11.8 Å². The number of hydrogen-bond donors (Lipinski definition) is 1. The number of fused-ring (bicyclic) bond motifs is 1. The number of likely N-dealkylation sites (N-methyl/N-ethyl adjacent to an activating group) is 1. The average molecular weight is 421 g/mol. The first-order chi connectivity index (χ1) is 14.8. The molecule has 3 aromatic rings. The zero-order valence-electron chi connectivity index (χ0n) is 18.4. The highest BCUT2D eigenvalue weighted by molar-refractivity contribution is 5.94. The summed E-state index contributed by atoms with van der Waals surface area (Å²) >= 11 is 0. The van der Waals surface area contributed by atoms with E-state index in [1.165, 1.54) is 0 Å². The Morgan fingerprint density at radius 2 is 2.03 bits per heavy atom. The molecule has 0 unspecified atom stereocenters. The molecule has 4 rings (SSSR count). The lowest BCUT2D eigenvalue weighted by Gasteiger charge is -2.23. The Labute approximate surface area is 181 Å². The molecule has 0 saturated carbocycles. The minimum Gasteiger partial charge on any atom is -0.364 e. The molecule has 31 heavy (non-hydrogen) atoms. The molecule has 1 N–H and O–H groups in total. The summed E-state index contributed by atoms with van der Waals surface area (Å²) < 4.78 is 1.86. The number of pyridine rings is 1. The van der Waals surface area contributed by atoms with Gasteiger partial charge in [0.2, 0.25) is 5.91 Å². The molecule has 1 saturated heterocycles. The number of carbonyl (C=O) groups is 2. The number of rotatable bonds is 5. The van der Waals surface area contributed by atoms with Crippen molar-refractivity contribution < 1.29 is 9.59 Å². The lowest BCUT2D eigenvalue weighted by molar-refractivity contribution is -0.129. The summed E-state index contributed by atoms with van der Waals surface area (Å²) in [5.74, 6) is 0.688. The number of carbonyl (C=O) groups excluding carboxylic acids is 2. The van der Waals surface area contributed by atoms with Crippen molar-refractivity contribution in [3.63, 3.8) is 0 Å². The maximum absolute atomic E-state index is 12.8. The molecule has 8 nitrogen and oxygen atoms in total. The third kappa shape index (κ3) is 4.23.